The third-order valence-corrected chi connectivity index (χ3v) is 10.1. The third kappa shape index (κ3) is 3.54. The molecule has 46 heavy (non-hydrogen) atoms. The van der Waals surface area contributed by atoms with E-state index in [-0.39, 0.29) is 12.6 Å². The fraction of sp³-hybridized carbons (Fsp3) is 0.0233. The lowest BCUT2D eigenvalue weighted by Crippen LogP contribution is -2.61. The second kappa shape index (κ2) is 9.85. The molecule has 0 amide bonds. The highest BCUT2D eigenvalue weighted by Gasteiger charge is 2.43. The molecule has 2 aliphatic heterocycles. The van der Waals surface area contributed by atoms with Crippen molar-refractivity contribution < 1.29 is 0 Å². The summed E-state index contributed by atoms with van der Waals surface area (Å²) in [6.45, 7) is 0.143. The molecule has 7 aromatic carbocycles. The molecule has 1 atom stereocenters. The van der Waals surface area contributed by atoms with Crippen LogP contribution in [0.1, 0.15) is 22.6 Å². The number of anilines is 3. The van der Waals surface area contributed by atoms with E-state index in [1.54, 1.807) is 0 Å². The van der Waals surface area contributed by atoms with Gasteiger partial charge in [-0.05, 0) is 76.1 Å². The van der Waals surface area contributed by atoms with Crippen molar-refractivity contribution in [1.82, 2.24) is 4.57 Å². The van der Waals surface area contributed by atoms with E-state index >= 15 is 0 Å². The smallest absolute Gasteiger partial charge is 0.247 e. The summed E-state index contributed by atoms with van der Waals surface area (Å²) in [6, 6.07) is 62.7. The van der Waals surface area contributed by atoms with Crippen molar-refractivity contribution in [1.29, 1.82) is 0 Å². The average molecular weight is 585 g/mol. The van der Waals surface area contributed by atoms with Gasteiger partial charge in [-0.2, -0.15) is 0 Å². The number of nitrogens with zero attached hydrogens (tertiary/aromatic N) is 2. The van der Waals surface area contributed by atoms with Gasteiger partial charge in [0.15, 0.2) is 0 Å². The van der Waals surface area contributed by atoms with Crippen LogP contribution in [0, 0.1) is 0 Å². The van der Waals surface area contributed by atoms with Gasteiger partial charge in [0.05, 0.1) is 11.0 Å². The predicted octanol–water partition coefficient (Wildman–Crippen LogP) is 8.58. The molecule has 3 heteroatoms. The molecule has 10 rings (SSSR count). The van der Waals surface area contributed by atoms with Crippen molar-refractivity contribution >= 4 is 62.0 Å². The Morgan fingerprint density at radius 1 is 0.435 bits per heavy atom. The fourth-order valence-electron chi connectivity index (χ4n) is 8.32. The van der Waals surface area contributed by atoms with Gasteiger partial charge < -0.3 is 9.47 Å². The Kier molecular flexibility index (Phi) is 5.47. The van der Waals surface area contributed by atoms with Gasteiger partial charge in [-0.15, -0.1) is 0 Å². The number of para-hydroxylation sites is 4. The highest BCUT2D eigenvalue weighted by atomic mass is 15.1. The zero-order valence-corrected chi connectivity index (χ0v) is 25.2. The van der Waals surface area contributed by atoms with Crippen LogP contribution in [0.5, 0.6) is 0 Å². The summed E-state index contributed by atoms with van der Waals surface area (Å²) < 4.78 is 2.45. The Labute approximate surface area is 268 Å². The summed E-state index contributed by atoms with van der Waals surface area (Å²) in [5, 5.41) is 2.57. The van der Waals surface area contributed by atoms with Gasteiger partial charge in [0.1, 0.15) is 0 Å². The second-order valence-corrected chi connectivity index (χ2v) is 12.5. The molecule has 0 aliphatic carbocycles. The van der Waals surface area contributed by atoms with E-state index in [1.807, 2.05) is 0 Å². The van der Waals surface area contributed by atoms with Crippen molar-refractivity contribution in [2.24, 2.45) is 0 Å². The van der Waals surface area contributed by atoms with Crippen molar-refractivity contribution in [2.75, 3.05) is 4.90 Å². The van der Waals surface area contributed by atoms with Gasteiger partial charge >= 0.3 is 0 Å². The standard InChI is InChI=1S/C43H29BN2/c1-3-14-29(15-4-1)42-34-20-13-25-41-43(34)44(37-21-9-12-24-40(37)45(41)30-16-5-2-6-17-30)36-27-26-31(28-35(36)42)46-38-22-10-7-18-32(38)33-19-8-11-23-39(33)46/h1-28,42H. The van der Waals surface area contributed by atoms with Gasteiger partial charge in [-0.25, -0.2) is 0 Å². The lowest BCUT2D eigenvalue weighted by atomic mass is 9.31. The van der Waals surface area contributed by atoms with Gasteiger partial charge in [0.2, 0.25) is 6.71 Å². The monoisotopic (exact) mass is 584 g/mol. The van der Waals surface area contributed by atoms with Crippen LogP contribution in [0.4, 0.5) is 17.1 Å². The zero-order chi connectivity index (χ0) is 30.2. The quantitative estimate of drug-likeness (QED) is 0.189. The Morgan fingerprint density at radius 2 is 1.07 bits per heavy atom. The molecule has 2 aliphatic rings. The van der Waals surface area contributed by atoms with Crippen molar-refractivity contribution in [3.05, 3.63) is 187 Å². The highest BCUT2D eigenvalue weighted by molar-refractivity contribution is 6.99. The number of aromatic nitrogens is 1. The molecule has 0 fully saturated rings. The summed E-state index contributed by atoms with van der Waals surface area (Å²) in [4.78, 5) is 2.46. The first kappa shape index (κ1) is 25.5. The number of hydrogen-bond donors (Lipinski definition) is 0. The van der Waals surface area contributed by atoms with Crippen LogP contribution in [0.2, 0.25) is 0 Å². The maximum atomic E-state index is 2.48. The molecule has 0 saturated heterocycles. The first-order valence-electron chi connectivity index (χ1n) is 16.1. The molecule has 3 heterocycles. The number of benzene rings is 7. The van der Waals surface area contributed by atoms with Crippen molar-refractivity contribution in [3.8, 4) is 5.69 Å². The van der Waals surface area contributed by atoms with E-state index in [2.05, 4.69) is 179 Å². The average Bonchev–Trinajstić information content (AvgIpc) is 3.46. The Bertz CT molecular complexity index is 2390. The molecule has 0 spiro atoms. The highest BCUT2D eigenvalue weighted by Crippen LogP contribution is 2.43. The predicted molar refractivity (Wildman–Crippen MR) is 194 cm³/mol. The lowest BCUT2D eigenvalue weighted by molar-refractivity contribution is 0.979. The first-order chi connectivity index (χ1) is 22.9. The summed E-state index contributed by atoms with van der Waals surface area (Å²) in [6.07, 6.45) is 0. The van der Waals surface area contributed by atoms with Crippen LogP contribution < -0.4 is 21.3 Å². The second-order valence-electron chi connectivity index (χ2n) is 12.5. The van der Waals surface area contributed by atoms with E-state index in [0.717, 1.165) is 0 Å². The number of fused-ring (bicyclic) bond motifs is 7. The van der Waals surface area contributed by atoms with Gasteiger partial charge in [-0.1, -0.05) is 127 Å². The number of hydrogen-bond acceptors (Lipinski definition) is 1. The molecule has 1 unspecified atom stereocenters. The van der Waals surface area contributed by atoms with Gasteiger partial charge in [-0.3, -0.25) is 0 Å². The molecular formula is C43H29BN2. The van der Waals surface area contributed by atoms with E-state index in [1.165, 1.54) is 77.6 Å². The summed E-state index contributed by atoms with van der Waals surface area (Å²) in [5.74, 6) is 0.110. The van der Waals surface area contributed by atoms with E-state index < -0.39 is 0 Å². The maximum absolute atomic E-state index is 2.48. The first-order valence-corrected chi connectivity index (χ1v) is 16.1. The van der Waals surface area contributed by atoms with Crippen LogP contribution >= 0.6 is 0 Å². The van der Waals surface area contributed by atoms with Crippen LogP contribution in [-0.4, -0.2) is 11.3 Å². The minimum atomic E-state index is 0.110. The van der Waals surface area contributed by atoms with Crippen molar-refractivity contribution in [2.45, 2.75) is 5.92 Å². The van der Waals surface area contributed by atoms with E-state index in [0.29, 0.717) is 0 Å². The normalized spacial score (nSPS) is 14.7. The Morgan fingerprint density at radius 3 is 1.83 bits per heavy atom. The van der Waals surface area contributed by atoms with Crippen LogP contribution in [0.25, 0.3) is 27.5 Å². The molecule has 0 radical (unpaired) electrons. The molecule has 214 valence electrons. The maximum Gasteiger partial charge on any atom is 0.247 e. The van der Waals surface area contributed by atoms with Crippen molar-refractivity contribution in [3.63, 3.8) is 0 Å². The molecule has 0 bridgehead atoms. The molecule has 2 nitrogen and oxygen atoms in total. The van der Waals surface area contributed by atoms with E-state index in [4.69, 9.17) is 0 Å². The minimum absolute atomic E-state index is 0.110. The SMILES string of the molecule is c1ccc(C2c3cc(-n4c5ccccc5c5ccccc54)ccc3B3c4ccccc4N(c4ccccc4)c4cccc2c43)cc1. The van der Waals surface area contributed by atoms with E-state index in [9.17, 15) is 0 Å². The zero-order valence-electron chi connectivity index (χ0n) is 25.2. The van der Waals surface area contributed by atoms with Crippen LogP contribution in [0.3, 0.4) is 0 Å². The lowest BCUT2D eigenvalue weighted by Gasteiger charge is -2.42. The largest absolute Gasteiger partial charge is 0.312 e. The Hall–Kier alpha value is -5.80. The third-order valence-electron chi connectivity index (χ3n) is 10.1. The van der Waals surface area contributed by atoms with Crippen LogP contribution in [-0.2, 0) is 0 Å². The minimum Gasteiger partial charge on any atom is -0.312 e. The summed E-state index contributed by atoms with van der Waals surface area (Å²) in [7, 11) is 0. The molecule has 1 aromatic heterocycles. The molecule has 0 N–H and O–H groups in total. The Balaban J connectivity index is 1.28. The molecular weight excluding hydrogens is 555 g/mol. The summed E-state index contributed by atoms with van der Waals surface area (Å²) >= 11 is 0. The van der Waals surface area contributed by atoms with Crippen LogP contribution in [0.15, 0.2) is 170 Å². The topological polar surface area (TPSA) is 8.17 Å². The number of rotatable bonds is 3. The molecule has 0 saturated carbocycles. The summed E-state index contributed by atoms with van der Waals surface area (Å²) in [5.41, 5.74) is 15.6. The van der Waals surface area contributed by atoms with Gasteiger partial charge in [0.25, 0.3) is 0 Å². The fourth-order valence-corrected chi connectivity index (χ4v) is 8.32. The molecule has 8 aromatic rings. The van der Waals surface area contributed by atoms with Gasteiger partial charge in [0, 0.05) is 39.4 Å².